The van der Waals surface area contributed by atoms with Gasteiger partial charge in [0.25, 0.3) is 5.91 Å². The van der Waals surface area contributed by atoms with Gasteiger partial charge in [0.15, 0.2) is 0 Å². The number of aromatic amines is 1. The Kier molecular flexibility index (Phi) is 11.2. The molecule has 4 rings (SSSR count). The predicted molar refractivity (Wildman–Crippen MR) is 124 cm³/mol. The van der Waals surface area contributed by atoms with Crippen molar-refractivity contribution in [2.24, 2.45) is 0 Å². The first kappa shape index (κ1) is 31.7. The minimum Gasteiger partial charge on any atom is -0.475 e. The Morgan fingerprint density at radius 2 is 1.57 bits per heavy atom. The van der Waals surface area contributed by atoms with Crippen LogP contribution >= 0.6 is 0 Å². The Morgan fingerprint density at radius 3 is 2.10 bits per heavy atom. The van der Waals surface area contributed by atoms with Crippen molar-refractivity contribution in [1.82, 2.24) is 19.9 Å². The second-order valence-corrected chi connectivity index (χ2v) is 7.96. The van der Waals surface area contributed by atoms with Crippen LogP contribution in [0, 0.1) is 0 Å². The third-order valence-electron chi connectivity index (χ3n) is 5.08. The van der Waals surface area contributed by atoms with E-state index < -0.39 is 24.3 Å². The summed E-state index contributed by atoms with van der Waals surface area (Å²) in [6, 6.07) is 7.54. The first-order valence-electron chi connectivity index (χ1n) is 11.1. The minimum absolute atomic E-state index is 0.0267. The Hall–Kier alpha value is -4.47. The molecule has 0 radical (unpaired) electrons. The number of carbonyl (C=O) groups excluding carboxylic acids is 1. The summed E-state index contributed by atoms with van der Waals surface area (Å²) < 4.78 is 69.3. The second kappa shape index (κ2) is 14.1. The van der Waals surface area contributed by atoms with Crippen LogP contribution in [0.25, 0.3) is 0 Å². The van der Waals surface area contributed by atoms with Gasteiger partial charge >= 0.3 is 24.3 Å². The molecule has 16 heteroatoms. The van der Waals surface area contributed by atoms with Crippen LogP contribution in [0.2, 0.25) is 0 Å². The van der Waals surface area contributed by atoms with Crippen molar-refractivity contribution in [3.63, 3.8) is 0 Å². The molecule has 0 saturated heterocycles. The first-order valence-corrected chi connectivity index (χ1v) is 11.1. The van der Waals surface area contributed by atoms with E-state index in [2.05, 4.69) is 15.0 Å². The van der Waals surface area contributed by atoms with Gasteiger partial charge in [-0.05, 0) is 46.9 Å². The fourth-order valence-corrected chi connectivity index (χ4v) is 3.26. The van der Waals surface area contributed by atoms with E-state index in [0.717, 1.165) is 23.1 Å². The van der Waals surface area contributed by atoms with Crippen molar-refractivity contribution in [2.45, 2.75) is 38.5 Å². The zero-order valence-electron chi connectivity index (χ0n) is 20.4. The number of carbonyl (C=O) groups is 3. The summed E-state index contributed by atoms with van der Waals surface area (Å²) in [6.45, 7) is 2.31. The summed E-state index contributed by atoms with van der Waals surface area (Å²) >= 11 is 0. The van der Waals surface area contributed by atoms with Gasteiger partial charge in [-0.25, -0.2) is 9.59 Å². The zero-order valence-corrected chi connectivity index (χ0v) is 20.4. The summed E-state index contributed by atoms with van der Waals surface area (Å²) in [6.07, 6.45) is -0.303. The summed E-state index contributed by atoms with van der Waals surface area (Å²) in [5.74, 6) is -5.49. The molecule has 0 unspecified atom stereocenters. The van der Waals surface area contributed by atoms with E-state index in [1.165, 1.54) is 5.56 Å². The Balaban J connectivity index is 0.000000333. The highest BCUT2D eigenvalue weighted by Gasteiger charge is 2.38. The van der Waals surface area contributed by atoms with Crippen LogP contribution in [0.5, 0.6) is 0 Å². The highest BCUT2D eigenvalue weighted by atomic mass is 19.4. The molecule has 3 aromatic heterocycles. The van der Waals surface area contributed by atoms with Crippen molar-refractivity contribution in [2.75, 3.05) is 6.54 Å². The summed E-state index contributed by atoms with van der Waals surface area (Å²) in [5, 5.41) is 14.2. The lowest BCUT2D eigenvalue weighted by Gasteiger charge is -2.29. The smallest absolute Gasteiger partial charge is 0.475 e. The number of alkyl halides is 6. The molecular weight excluding hydrogens is 554 g/mol. The topological polar surface area (TPSA) is 146 Å². The molecule has 0 aromatic carbocycles. The number of hydrogen-bond donors (Lipinski definition) is 3. The van der Waals surface area contributed by atoms with Crippen LogP contribution in [0.15, 0.2) is 55.2 Å². The number of aliphatic carboxylic acids is 2. The number of aromatic nitrogens is 3. The lowest BCUT2D eigenvalue weighted by molar-refractivity contribution is -0.193. The number of fused-ring (bicyclic) bond motifs is 1. The molecule has 3 aromatic rings. The lowest BCUT2D eigenvalue weighted by Crippen LogP contribution is -2.36. The summed E-state index contributed by atoms with van der Waals surface area (Å²) in [4.78, 5) is 43.6. The highest BCUT2D eigenvalue weighted by Crippen LogP contribution is 2.23. The van der Waals surface area contributed by atoms with E-state index in [4.69, 9.17) is 24.5 Å². The second-order valence-electron chi connectivity index (χ2n) is 7.96. The number of H-pyrrole nitrogens is 1. The van der Waals surface area contributed by atoms with Crippen molar-refractivity contribution < 1.29 is 55.7 Å². The molecule has 216 valence electrons. The van der Waals surface area contributed by atoms with Crippen LogP contribution in [-0.2, 0) is 40.5 Å². The highest BCUT2D eigenvalue weighted by molar-refractivity contribution is 5.92. The molecule has 1 aliphatic rings. The molecule has 40 heavy (non-hydrogen) atoms. The molecule has 0 saturated carbocycles. The zero-order chi connectivity index (χ0) is 29.9. The van der Waals surface area contributed by atoms with Gasteiger partial charge in [-0.15, -0.1) is 0 Å². The number of carboxylic acid groups (broad SMARTS) is 2. The lowest BCUT2D eigenvalue weighted by atomic mass is 9.97. The number of nitrogens with one attached hydrogen (secondary N) is 1. The van der Waals surface area contributed by atoms with Crippen LogP contribution < -0.4 is 0 Å². The number of hydrogen-bond acceptors (Lipinski definition) is 6. The molecular formula is C24H22F6N4O6. The van der Waals surface area contributed by atoms with Gasteiger partial charge in [0, 0.05) is 44.1 Å². The average Bonchev–Trinajstić information content (AvgIpc) is 3.43. The standard InChI is InChI=1S/C20H20N4O2.2C2HF3O2/c25-20(19-4-2-7-23-19)24-8-5-18-16(12-24)10-22-11-17(18)14-26-13-15-3-1-6-21-9-15;2*3-2(4,5)1(6)7/h1-4,6-7,9-11,23H,5,8,12-14H2;2*(H,6,7). The Morgan fingerprint density at radius 1 is 0.925 bits per heavy atom. The number of halogens is 6. The van der Waals surface area contributed by atoms with Gasteiger partial charge in [0.2, 0.25) is 0 Å². The third kappa shape index (κ3) is 10.0. The minimum atomic E-state index is -5.08. The van der Waals surface area contributed by atoms with Crippen LogP contribution in [-0.4, -0.2) is 66.8 Å². The molecule has 4 heterocycles. The predicted octanol–water partition coefficient (Wildman–Crippen LogP) is 3.99. The quantitative estimate of drug-likeness (QED) is 0.387. The molecule has 0 fully saturated rings. The number of ether oxygens (including phenoxy) is 1. The monoisotopic (exact) mass is 576 g/mol. The molecule has 0 spiro atoms. The maximum atomic E-state index is 12.5. The van der Waals surface area contributed by atoms with Crippen LogP contribution in [0.1, 0.15) is 32.7 Å². The molecule has 3 N–H and O–H groups in total. The Bertz CT molecular complexity index is 1240. The maximum Gasteiger partial charge on any atom is 0.490 e. The van der Waals surface area contributed by atoms with Gasteiger partial charge in [-0.3, -0.25) is 14.8 Å². The summed E-state index contributed by atoms with van der Waals surface area (Å²) in [5.41, 5.74) is 5.11. The van der Waals surface area contributed by atoms with Crippen molar-refractivity contribution >= 4 is 17.8 Å². The summed E-state index contributed by atoms with van der Waals surface area (Å²) in [7, 11) is 0. The van der Waals surface area contributed by atoms with Gasteiger partial charge in [-0.1, -0.05) is 6.07 Å². The molecule has 1 aliphatic heterocycles. The number of carboxylic acids is 2. The van der Waals surface area contributed by atoms with E-state index in [0.29, 0.717) is 32.0 Å². The van der Waals surface area contributed by atoms with E-state index >= 15 is 0 Å². The first-order chi connectivity index (χ1) is 18.7. The fourth-order valence-electron chi connectivity index (χ4n) is 3.26. The number of rotatable bonds is 5. The van der Waals surface area contributed by atoms with Gasteiger partial charge < -0.3 is 24.8 Å². The van der Waals surface area contributed by atoms with Gasteiger partial charge in [0.05, 0.1) is 13.2 Å². The molecule has 10 nitrogen and oxygen atoms in total. The van der Waals surface area contributed by atoms with E-state index in [-0.39, 0.29) is 5.91 Å². The van der Waals surface area contributed by atoms with E-state index in [1.54, 1.807) is 18.5 Å². The van der Waals surface area contributed by atoms with Gasteiger partial charge in [-0.2, -0.15) is 26.3 Å². The average molecular weight is 576 g/mol. The molecule has 0 bridgehead atoms. The van der Waals surface area contributed by atoms with E-state index in [9.17, 15) is 31.1 Å². The maximum absolute atomic E-state index is 12.5. The number of amides is 1. The van der Waals surface area contributed by atoms with Crippen LogP contribution in [0.4, 0.5) is 26.3 Å². The number of nitrogens with zero attached hydrogens (tertiary/aromatic N) is 3. The molecule has 0 atom stereocenters. The van der Waals surface area contributed by atoms with Crippen molar-refractivity contribution in [1.29, 1.82) is 0 Å². The van der Waals surface area contributed by atoms with Crippen molar-refractivity contribution in [3.8, 4) is 0 Å². The largest absolute Gasteiger partial charge is 0.490 e. The van der Waals surface area contributed by atoms with Gasteiger partial charge in [0.1, 0.15) is 5.69 Å². The van der Waals surface area contributed by atoms with Crippen LogP contribution in [0.3, 0.4) is 0 Å². The number of pyridine rings is 2. The van der Waals surface area contributed by atoms with E-state index in [1.807, 2.05) is 41.7 Å². The normalized spacial score (nSPS) is 12.7. The molecule has 1 amide bonds. The van der Waals surface area contributed by atoms with Crippen molar-refractivity contribution in [3.05, 3.63) is 83.2 Å². The Labute approximate surface area is 222 Å². The third-order valence-corrected chi connectivity index (χ3v) is 5.08. The SMILES string of the molecule is O=C(O)C(F)(F)F.O=C(O)C(F)(F)F.O=C(c1ccc[nH]1)N1CCc2c(COCc3cccnc3)cncc2C1. The molecule has 0 aliphatic carbocycles. The fraction of sp³-hybridized carbons (Fsp3) is 0.292.